The number of morpholine rings is 1. The summed E-state index contributed by atoms with van der Waals surface area (Å²) in [6.45, 7) is 6.31. The lowest BCUT2D eigenvalue weighted by Crippen LogP contribution is -2.44. The van der Waals surface area contributed by atoms with Crippen LogP contribution in [0.15, 0.2) is 24.3 Å². The summed E-state index contributed by atoms with van der Waals surface area (Å²) in [5, 5.41) is 0. The summed E-state index contributed by atoms with van der Waals surface area (Å²) in [7, 11) is 2.12. The van der Waals surface area contributed by atoms with Crippen molar-refractivity contribution < 1.29 is 4.74 Å². The van der Waals surface area contributed by atoms with Crippen LogP contribution in [-0.4, -0.2) is 47.7 Å². The molecule has 0 bridgehead atoms. The molecule has 6 nitrogen and oxygen atoms in total. The van der Waals surface area contributed by atoms with Gasteiger partial charge in [0, 0.05) is 36.4 Å². The topological polar surface area (TPSA) is 67.5 Å². The van der Waals surface area contributed by atoms with E-state index in [-0.39, 0.29) is 0 Å². The molecule has 24 heavy (non-hydrogen) atoms. The van der Waals surface area contributed by atoms with Crippen LogP contribution >= 0.6 is 0 Å². The Bertz CT molecular complexity index is 746. The fourth-order valence-electron chi connectivity index (χ4n) is 3.43. The van der Waals surface area contributed by atoms with Gasteiger partial charge in [-0.15, -0.1) is 0 Å². The smallest absolute Gasteiger partial charge is 0.161 e. The molecule has 1 aromatic carbocycles. The maximum absolute atomic E-state index is 5.81. The molecule has 2 aliphatic rings. The molecule has 1 aromatic heterocycles. The van der Waals surface area contributed by atoms with Crippen molar-refractivity contribution in [1.82, 2.24) is 14.9 Å². The van der Waals surface area contributed by atoms with Crippen LogP contribution in [0.25, 0.3) is 11.4 Å². The van der Waals surface area contributed by atoms with Gasteiger partial charge in [0.25, 0.3) is 0 Å². The van der Waals surface area contributed by atoms with Crippen LogP contribution in [0.4, 0.5) is 11.5 Å². The Kier molecular flexibility index (Phi) is 3.86. The van der Waals surface area contributed by atoms with Crippen molar-refractivity contribution >= 4 is 11.5 Å². The fraction of sp³-hybridized carbons (Fsp3) is 0.444. The first-order chi connectivity index (χ1) is 11.6. The van der Waals surface area contributed by atoms with E-state index >= 15 is 0 Å². The number of nitrogens with zero attached hydrogens (tertiary/aromatic N) is 4. The minimum atomic E-state index is 0.322. The molecular formula is C18H23N5O. The highest BCUT2D eigenvalue weighted by Gasteiger charge is 2.29. The number of benzene rings is 1. The third-order valence-electron chi connectivity index (χ3n) is 4.73. The number of nitrogen functional groups attached to an aromatic ring is 1. The molecule has 0 amide bonds. The van der Waals surface area contributed by atoms with Crippen LogP contribution in [0.2, 0.25) is 0 Å². The second-order valence-corrected chi connectivity index (χ2v) is 6.71. The van der Waals surface area contributed by atoms with Gasteiger partial charge in [0.15, 0.2) is 5.82 Å². The van der Waals surface area contributed by atoms with Crippen LogP contribution in [0.5, 0.6) is 0 Å². The molecule has 1 saturated heterocycles. The first kappa shape index (κ1) is 15.4. The minimum absolute atomic E-state index is 0.322. The molecular weight excluding hydrogens is 302 g/mol. The Morgan fingerprint density at radius 3 is 2.71 bits per heavy atom. The quantitative estimate of drug-likeness (QED) is 0.851. The predicted octanol–water partition coefficient (Wildman–Crippen LogP) is 1.90. The number of rotatable bonds is 2. The average Bonchev–Trinajstić information content (AvgIpc) is 2.95. The molecule has 0 unspecified atom stereocenters. The van der Waals surface area contributed by atoms with Crippen molar-refractivity contribution in [2.45, 2.75) is 26.1 Å². The van der Waals surface area contributed by atoms with E-state index in [0.29, 0.717) is 6.04 Å². The first-order valence-electron chi connectivity index (χ1n) is 8.40. The largest absolute Gasteiger partial charge is 0.399 e. The van der Waals surface area contributed by atoms with Crippen molar-refractivity contribution in [3.63, 3.8) is 0 Å². The second-order valence-electron chi connectivity index (χ2n) is 6.71. The molecule has 0 aliphatic carbocycles. The highest BCUT2D eigenvalue weighted by atomic mass is 16.5. The zero-order chi connectivity index (χ0) is 16.7. The van der Waals surface area contributed by atoms with Crippen molar-refractivity contribution in [2.75, 3.05) is 37.4 Å². The molecule has 4 rings (SSSR count). The number of nitrogens with two attached hydrogens (primary N) is 1. The van der Waals surface area contributed by atoms with Crippen molar-refractivity contribution in [1.29, 1.82) is 0 Å². The maximum Gasteiger partial charge on any atom is 0.161 e. The van der Waals surface area contributed by atoms with Gasteiger partial charge in [0.05, 0.1) is 24.9 Å². The number of hydrogen-bond donors (Lipinski definition) is 1. The third kappa shape index (κ3) is 2.72. The SMILES string of the molecule is C[C@H]1COCCN1c1nc(-c2ccc(N)cc2)nc2c1CN(C)C2. The van der Waals surface area contributed by atoms with E-state index in [1.807, 2.05) is 24.3 Å². The van der Waals surface area contributed by atoms with Crippen molar-refractivity contribution in [3.8, 4) is 11.4 Å². The molecule has 3 heterocycles. The molecule has 0 radical (unpaired) electrons. The van der Waals surface area contributed by atoms with Gasteiger partial charge in [0.2, 0.25) is 0 Å². The van der Waals surface area contributed by atoms with Gasteiger partial charge in [-0.1, -0.05) is 0 Å². The third-order valence-corrected chi connectivity index (χ3v) is 4.73. The van der Waals surface area contributed by atoms with Crippen LogP contribution in [0.1, 0.15) is 18.2 Å². The summed E-state index contributed by atoms with van der Waals surface area (Å²) >= 11 is 0. The van der Waals surface area contributed by atoms with Crippen molar-refractivity contribution in [3.05, 3.63) is 35.5 Å². The number of anilines is 2. The lowest BCUT2D eigenvalue weighted by molar-refractivity contribution is 0.0984. The van der Waals surface area contributed by atoms with Gasteiger partial charge in [-0.05, 0) is 38.2 Å². The van der Waals surface area contributed by atoms with E-state index < -0.39 is 0 Å². The number of aromatic nitrogens is 2. The lowest BCUT2D eigenvalue weighted by Gasteiger charge is -2.35. The molecule has 0 saturated carbocycles. The number of hydrogen-bond acceptors (Lipinski definition) is 6. The van der Waals surface area contributed by atoms with E-state index in [1.165, 1.54) is 5.56 Å². The van der Waals surface area contributed by atoms with E-state index in [4.69, 9.17) is 20.4 Å². The van der Waals surface area contributed by atoms with E-state index in [2.05, 4.69) is 23.8 Å². The van der Waals surface area contributed by atoms with Gasteiger partial charge in [0.1, 0.15) is 5.82 Å². The highest BCUT2D eigenvalue weighted by Crippen LogP contribution is 2.32. The molecule has 0 spiro atoms. The maximum atomic E-state index is 5.81. The Hall–Kier alpha value is -2.18. The number of ether oxygens (including phenoxy) is 1. The summed E-state index contributed by atoms with van der Waals surface area (Å²) in [5.41, 5.74) is 9.95. The first-order valence-corrected chi connectivity index (χ1v) is 8.40. The summed E-state index contributed by atoms with van der Waals surface area (Å²) in [6.07, 6.45) is 0. The molecule has 2 aliphatic heterocycles. The van der Waals surface area contributed by atoms with Gasteiger partial charge in [-0.25, -0.2) is 9.97 Å². The normalized spacial score (nSPS) is 21.1. The zero-order valence-corrected chi connectivity index (χ0v) is 14.2. The molecule has 2 aromatic rings. The van der Waals surface area contributed by atoms with Crippen molar-refractivity contribution in [2.24, 2.45) is 0 Å². The molecule has 126 valence electrons. The van der Waals surface area contributed by atoms with Crippen LogP contribution in [0, 0.1) is 0 Å². The Labute approximate surface area is 142 Å². The predicted molar refractivity (Wildman–Crippen MR) is 94.7 cm³/mol. The summed E-state index contributed by atoms with van der Waals surface area (Å²) in [5.74, 6) is 1.84. The Morgan fingerprint density at radius 1 is 1.17 bits per heavy atom. The summed E-state index contributed by atoms with van der Waals surface area (Å²) < 4.78 is 5.59. The lowest BCUT2D eigenvalue weighted by atomic mass is 10.1. The molecule has 6 heteroatoms. The highest BCUT2D eigenvalue weighted by molar-refractivity contribution is 5.63. The van der Waals surface area contributed by atoms with E-state index in [1.54, 1.807) is 0 Å². The average molecular weight is 325 g/mol. The summed E-state index contributed by atoms with van der Waals surface area (Å²) in [4.78, 5) is 14.4. The van der Waals surface area contributed by atoms with Crippen LogP contribution in [-0.2, 0) is 17.8 Å². The van der Waals surface area contributed by atoms with E-state index in [9.17, 15) is 0 Å². The molecule has 1 fully saturated rings. The second kappa shape index (κ2) is 6.03. The zero-order valence-electron chi connectivity index (χ0n) is 14.2. The van der Waals surface area contributed by atoms with Gasteiger partial charge < -0.3 is 15.4 Å². The van der Waals surface area contributed by atoms with Gasteiger partial charge in [-0.3, -0.25) is 4.90 Å². The van der Waals surface area contributed by atoms with Crippen LogP contribution < -0.4 is 10.6 Å². The van der Waals surface area contributed by atoms with Crippen LogP contribution in [0.3, 0.4) is 0 Å². The minimum Gasteiger partial charge on any atom is -0.399 e. The Morgan fingerprint density at radius 2 is 1.96 bits per heavy atom. The van der Waals surface area contributed by atoms with Gasteiger partial charge >= 0.3 is 0 Å². The summed E-state index contributed by atoms with van der Waals surface area (Å²) in [6, 6.07) is 8.09. The Balaban J connectivity index is 1.81. The standard InChI is InChI=1S/C18H23N5O/c1-12-11-24-8-7-23(12)18-15-9-22(2)10-16(15)20-17(21-18)13-3-5-14(19)6-4-13/h3-6,12H,7-11,19H2,1-2H3/t12-/m0/s1. The van der Waals surface area contributed by atoms with Gasteiger partial charge in [-0.2, -0.15) is 0 Å². The molecule has 2 N–H and O–H groups in total. The van der Waals surface area contributed by atoms with E-state index in [0.717, 1.165) is 61.4 Å². The molecule has 1 atom stereocenters. The number of fused-ring (bicyclic) bond motifs is 1. The monoisotopic (exact) mass is 325 g/mol. The fourth-order valence-corrected chi connectivity index (χ4v) is 3.43.